The van der Waals surface area contributed by atoms with Gasteiger partial charge in [-0.1, -0.05) is 17.7 Å². The van der Waals surface area contributed by atoms with E-state index < -0.39 is 0 Å². The fourth-order valence-electron chi connectivity index (χ4n) is 4.32. The molecular formula is C23H27ClN4O2. The van der Waals surface area contributed by atoms with E-state index in [1.807, 2.05) is 25.1 Å². The summed E-state index contributed by atoms with van der Waals surface area (Å²) in [6.45, 7) is 10.1. The summed E-state index contributed by atoms with van der Waals surface area (Å²) in [7, 11) is 0. The normalized spacial score (nSPS) is 15.0. The van der Waals surface area contributed by atoms with Crippen molar-refractivity contribution >= 4 is 34.4 Å². The summed E-state index contributed by atoms with van der Waals surface area (Å²) in [5.74, 6) is 0.820. The van der Waals surface area contributed by atoms with Crippen LogP contribution in [0.4, 0.5) is 5.82 Å². The molecule has 0 radical (unpaired) electrons. The van der Waals surface area contributed by atoms with Crippen molar-refractivity contribution in [2.24, 2.45) is 5.92 Å². The molecule has 3 heterocycles. The van der Waals surface area contributed by atoms with Gasteiger partial charge in [0.25, 0.3) is 0 Å². The van der Waals surface area contributed by atoms with Gasteiger partial charge in [0.1, 0.15) is 12.1 Å². The first kappa shape index (κ1) is 20.7. The molecule has 1 aliphatic heterocycles. The van der Waals surface area contributed by atoms with Crippen LogP contribution in [0.1, 0.15) is 36.6 Å². The molecule has 1 aromatic carbocycles. The molecule has 2 aromatic heterocycles. The highest BCUT2D eigenvalue weighted by atomic mass is 35.5. The first-order valence-corrected chi connectivity index (χ1v) is 10.8. The van der Waals surface area contributed by atoms with Gasteiger partial charge in [0.2, 0.25) is 0 Å². The Balaban J connectivity index is 1.74. The standard InChI is InChI=1S/C23H27ClN4O2/c1-5-30-23(29)17-8-10-27(11-9-17)21-20-15(3)16(4)28(22(20)26-13-25-21)19-12-18(24)7-6-14(19)2/h6-7,12-13,17H,5,8-11H2,1-4H3. The van der Waals surface area contributed by atoms with Crippen LogP contribution in [-0.4, -0.2) is 40.2 Å². The van der Waals surface area contributed by atoms with Gasteiger partial charge in [-0.2, -0.15) is 0 Å². The van der Waals surface area contributed by atoms with Gasteiger partial charge in [0, 0.05) is 23.8 Å². The number of carbonyl (C=O) groups excluding carboxylic acids is 1. The molecular weight excluding hydrogens is 400 g/mol. The average Bonchev–Trinajstić information content (AvgIpc) is 3.00. The molecule has 3 aromatic rings. The van der Waals surface area contributed by atoms with Crippen molar-refractivity contribution in [2.75, 3.05) is 24.6 Å². The van der Waals surface area contributed by atoms with Crippen molar-refractivity contribution in [3.05, 3.63) is 46.4 Å². The van der Waals surface area contributed by atoms with Crippen LogP contribution in [-0.2, 0) is 9.53 Å². The largest absolute Gasteiger partial charge is 0.466 e. The molecule has 7 heteroatoms. The topological polar surface area (TPSA) is 60.2 Å². The maximum absolute atomic E-state index is 12.1. The number of ether oxygens (including phenoxy) is 1. The van der Waals surface area contributed by atoms with Crippen molar-refractivity contribution in [1.29, 1.82) is 0 Å². The number of anilines is 1. The smallest absolute Gasteiger partial charge is 0.309 e. The Bertz CT molecular complexity index is 1100. The van der Waals surface area contributed by atoms with Crippen LogP contribution in [0.2, 0.25) is 5.02 Å². The number of halogens is 1. The highest BCUT2D eigenvalue weighted by Gasteiger charge is 2.29. The third-order valence-electron chi connectivity index (χ3n) is 6.10. The van der Waals surface area contributed by atoms with Crippen LogP contribution in [0.15, 0.2) is 24.5 Å². The third kappa shape index (κ3) is 3.54. The molecule has 1 saturated heterocycles. The first-order chi connectivity index (χ1) is 14.4. The minimum absolute atomic E-state index is 0.0277. The zero-order chi connectivity index (χ0) is 21.4. The average molecular weight is 427 g/mol. The van der Waals surface area contributed by atoms with Crippen LogP contribution >= 0.6 is 11.6 Å². The Morgan fingerprint density at radius 1 is 1.20 bits per heavy atom. The van der Waals surface area contributed by atoms with Gasteiger partial charge in [0.05, 0.1) is 23.6 Å². The van der Waals surface area contributed by atoms with Gasteiger partial charge in [-0.15, -0.1) is 0 Å². The van der Waals surface area contributed by atoms with Crippen LogP contribution in [0.3, 0.4) is 0 Å². The lowest BCUT2D eigenvalue weighted by Crippen LogP contribution is -2.37. The minimum Gasteiger partial charge on any atom is -0.466 e. The molecule has 0 amide bonds. The van der Waals surface area contributed by atoms with E-state index in [2.05, 4.69) is 40.2 Å². The number of nitrogens with zero attached hydrogens (tertiary/aromatic N) is 4. The number of rotatable bonds is 4. The number of piperidine rings is 1. The summed E-state index contributed by atoms with van der Waals surface area (Å²) in [4.78, 5) is 23.6. The number of hydrogen-bond donors (Lipinski definition) is 0. The van der Waals surface area contributed by atoms with Crippen molar-refractivity contribution in [1.82, 2.24) is 14.5 Å². The van der Waals surface area contributed by atoms with E-state index in [1.54, 1.807) is 6.33 Å². The number of carbonyl (C=O) groups is 1. The highest BCUT2D eigenvalue weighted by molar-refractivity contribution is 6.30. The van der Waals surface area contributed by atoms with Gasteiger partial charge in [-0.05, 0) is 63.8 Å². The maximum atomic E-state index is 12.1. The Morgan fingerprint density at radius 3 is 2.63 bits per heavy atom. The van der Waals surface area contributed by atoms with E-state index in [0.29, 0.717) is 11.6 Å². The SMILES string of the molecule is CCOC(=O)C1CCN(c2ncnc3c2c(C)c(C)n3-c2cc(Cl)ccc2C)CC1. The zero-order valence-electron chi connectivity index (χ0n) is 17.9. The van der Waals surface area contributed by atoms with Gasteiger partial charge >= 0.3 is 5.97 Å². The first-order valence-electron chi connectivity index (χ1n) is 10.4. The molecule has 0 spiro atoms. The van der Waals surface area contributed by atoms with Crippen molar-refractivity contribution < 1.29 is 9.53 Å². The molecule has 1 fully saturated rings. The number of fused-ring (bicyclic) bond motifs is 1. The van der Waals surface area contributed by atoms with E-state index in [-0.39, 0.29) is 11.9 Å². The molecule has 30 heavy (non-hydrogen) atoms. The summed E-state index contributed by atoms with van der Waals surface area (Å²) in [6, 6.07) is 5.91. The fraction of sp³-hybridized carbons (Fsp3) is 0.435. The monoisotopic (exact) mass is 426 g/mol. The quantitative estimate of drug-likeness (QED) is 0.562. The molecule has 0 aliphatic carbocycles. The van der Waals surface area contributed by atoms with Crippen LogP contribution in [0.25, 0.3) is 16.7 Å². The summed E-state index contributed by atoms with van der Waals surface area (Å²) >= 11 is 6.30. The Kier molecular flexibility index (Phi) is 5.69. The number of hydrogen-bond acceptors (Lipinski definition) is 5. The molecule has 1 aliphatic rings. The van der Waals surface area contributed by atoms with E-state index in [4.69, 9.17) is 16.3 Å². The Labute approximate surface area is 181 Å². The number of aryl methyl sites for hydroxylation is 2. The van der Waals surface area contributed by atoms with Crippen molar-refractivity contribution in [3.8, 4) is 5.69 Å². The highest BCUT2D eigenvalue weighted by Crippen LogP contribution is 2.35. The van der Waals surface area contributed by atoms with Crippen LogP contribution in [0, 0.1) is 26.7 Å². The summed E-state index contributed by atoms with van der Waals surface area (Å²) in [5.41, 5.74) is 5.33. The molecule has 0 atom stereocenters. The van der Waals surface area contributed by atoms with E-state index in [1.165, 1.54) is 0 Å². The van der Waals surface area contributed by atoms with Crippen LogP contribution in [0.5, 0.6) is 0 Å². The summed E-state index contributed by atoms with van der Waals surface area (Å²) in [6.07, 6.45) is 3.18. The molecule has 0 saturated carbocycles. The lowest BCUT2D eigenvalue weighted by Gasteiger charge is -2.32. The molecule has 0 N–H and O–H groups in total. The van der Waals surface area contributed by atoms with Crippen LogP contribution < -0.4 is 4.90 Å². The van der Waals surface area contributed by atoms with Gasteiger partial charge < -0.3 is 9.64 Å². The summed E-state index contributed by atoms with van der Waals surface area (Å²) in [5, 5.41) is 1.76. The second-order valence-corrected chi connectivity index (χ2v) is 8.32. The fourth-order valence-corrected chi connectivity index (χ4v) is 4.49. The Hall–Kier alpha value is -2.60. The third-order valence-corrected chi connectivity index (χ3v) is 6.33. The number of benzene rings is 1. The predicted molar refractivity (Wildman–Crippen MR) is 120 cm³/mol. The van der Waals surface area contributed by atoms with Crippen molar-refractivity contribution in [3.63, 3.8) is 0 Å². The summed E-state index contributed by atoms with van der Waals surface area (Å²) < 4.78 is 7.37. The van der Waals surface area contributed by atoms with E-state index in [0.717, 1.165) is 65.3 Å². The van der Waals surface area contributed by atoms with Gasteiger partial charge in [-0.25, -0.2) is 9.97 Å². The molecule has 158 valence electrons. The van der Waals surface area contributed by atoms with E-state index in [9.17, 15) is 4.79 Å². The molecule has 4 rings (SSSR count). The second kappa shape index (κ2) is 8.26. The van der Waals surface area contributed by atoms with E-state index >= 15 is 0 Å². The maximum Gasteiger partial charge on any atom is 0.309 e. The lowest BCUT2D eigenvalue weighted by atomic mass is 9.97. The predicted octanol–water partition coefficient (Wildman–Crippen LogP) is 4.78. The molecule has 0 unspecified atom stereocenters. The molecule has 0 bridgehead atoms. The Morgan fingerprint density at radius 2 is 1.93 bits per heavy atom. The van der Waals surface area contributed by atoms with Crippen molar-refractivity contribution in [2.45, 2.75) is 40.5 Å². The minimum atomic E-state index is -0.0837. The zero-order valence-corrected chi connectivity index (χ0v) is 18.7. The lowest BCUT2D eigenvalue weighted by molar-refractivity contribution is -0.148. The second-order valence-electron chi connectivity index (χ2n) is 7.89. The number of esters is 1. The van der Waals surface area contributed by atoms with Gasteiger partial charge in [-0.3, -0.25) is 9.36 Å². The van der Waals surface area contributed by atoms with Gasteiger partial charge in [0.15, 0.2) is 5.65 Å². The molecule has 6 nitrogen and oxygen atoms in total. The number of aromatic nitrogens is 3.